The molecule has 120 valence electrons. The minimum Gasteiger partial charge on any atom is -0.489 e. The summed E-state index contributed by atoms with van der Waals surface area (Å²) >= 11 is 0. The van der Waals surface area contributed by atoms with E-state index in [-0.39, 0.29) is 31.4 Å². The second-order valence-corrected chi connectivity index (χ2v) is 4.83. The molecular formula is C15H11F2NO5. The molecule has 0 spiro atoms. The van der Waals surface area contributed by atoms with Gasteiger partial charge >= 0.3 is 0 Å². The highest BCUT2D eigenvalue weighted by molar-refractivity contribution is 5.50. The Labute approximate surface area is 129 Å². The Bertz CT molecular complexity index is 766. The molecule has 8 heteroatoms. The minimum absolute atomic E-state index is 0.0307. The maximum Gasteiger partial charge on any atom is 0.270 e. The number of nitro groups is 1. The van der Waals surface area contributed by atoms with E-state index in [1.807, 2.05) is 0 Å². The molecule has 0 atom stereocenters. The van der Waals surface area contributed by atoms with Crippen molar-refractivity contribution in [2.75, 3.05) is 6.79 Å². The number of rotatable bonds is 4. The average Bonchev–Trinajstić information content (AvgIpc) is 2.55. The van der Waals surface area contributed by atoms with Crippen molar-refractivity contribution in [1.82, 2.24) is 0 Å². The lowest BCUT2D eigenvalue weighted by molar-refractivity contribution is -0.385. The third kappa shape index (κ3) is 3.21. The van der Waals surface area contributed by atoms with Gasteiger partial charge in [0, 0.05) is 29.3 Å². The molecule has 0 saturated carbocycles. The Morgan fingerprint density at radius 3 is 2.78 bits per heavy atom. The largest absolute Gasteiger partial charge is 0.489 e. The molecule has 23 heavy (non-hydrogen) atoms. The standard InChI is InChI=1S/C15H11F2NO5/c16-13-2-1-12(5-14(13)17)22-7-10-4-11(18(19)20)3-9-6-21-8-23-15(9)10/h1-5H,6-8H2. The lowest BCUT2D eigenvalue weighted by Gasteiger charge is -2.20. The van der Waals surface area contributed by atoms with Crippen LogP contribution in [0.1, 0.15) is 11.1 Å². The maximum absolute atomic E-state index is 13.2. The lowest BCUT2D eigenvalue weighted by Crippen LogP contribution is -2.14. The van der Waals surface area contributed by atoms with Gasteiger partial charge in [0.2, 0.25) is 0 Å². The van der Waals surface area contributed by atoms with E-state index in [2.05, 4.69) is 0 Å². The molecule has 0 saturated heterocycles. The Hall–Kier alpha value is -2.74. The number of hydrogen-bond donors (Lipinski definition) is 0. The van der Waals surface area contributed by atoms with Gasteiger partial charge < -0.3 is 14.2 Å². The molecule has 1 aliphatic heterocycles. The fourth-order valence-corrected chi connectivity index (χ4v) is 2.22. The number of halogens is 2. The molecular weight excluding hydrogens is 312 g/mol. The van der Waals surface area contributed by atoms with E-state index in [4.69, 9.17) is 14.2 Å². The molecule has 0 N–H and O–H groups in total. The van der Waals surface area contributed by atoms with Crippen molar-refractivity contribution >= 4 is 5.69 Å². The molecule has 0 radical (unpaired) electrons. The summed E-state index contributed by atoms with van der Waals surface area (Å²) in [6.45, 7) is 0.132. The van der Waals surface area contributed by atoms with Gasteiger partial charge in [-0.05, 0) is 12.1 Å². The Kier molecular flexibility index (Phi) is 4.07. The van der Waals surface area contributed by atoms with Crippen LogP contribution in [0.4, 0.5) is 14.5 Å². The van der Waals surface area contributed by atoms with Crippen LogP contribution in [-0.2, 0) is 18.0 Å². The van der Waals surface area contributed by atoms with Gasteiger partial charge in [0.1, 0.15) is 18.1 Å². The fraction of sp³-hybridized carbons (Fsp3) is 0.200. The molecule has 0 amide bonds. The van der Waals surface area contributed by atoms with Crippen molar-refractivity contribution in [2.45, 2.75) is 13.2 Å². The molecule has 1 aliphatic rings. The molecule has 0 unspecified atom stereocenters. The Morgan fingerprint density at radius 2 is 2.04 bits per heavy atom. The van der Waals surface area contributed by atoms with Crippen molar-refractivity contribution in [3.8, 4) is 11.5 Å². The molecule has 0 aromatic heterocycles. The van der Waals surface area contributed by atoms with Crippen molar-refractivity contribution in [2.24, 2.45) is 0 Å². The molecule has 0 fully saturated rings. The molecule has 2 aromatic rings. The second-order valence-electron chi connectivity index (χ2n) is 4.83. The van der Waals surface area contributed by atoms with Crippen LogP contribution in [0.15, 0.2) is 30.3 Å². The Balaban J connectivity index is 1.87. The van der Waals surface area contributed by atoms with Gasteiger partial charge in [-0.3, -0.25) is 10.1 Å². The fourth-order valence-electron chi connectivity index (χ4n) is 2.22. The van der Waals surface area contributed by atoms with Gasteiger partial charge in [0.05, 0.1) is 11.5 Å². The van der Waals surface area contributed by atoms with Crippen molar-refractivity contribution in [3.05, 3.63) is 63.2 Å². The van der Waals surface area contributed by atoms with E-state index in [1.165, 1.54) is 18.2 Å². The number of nitrogens with zero attached hydrogens (tertiary/aromatic N) is 1. The van der Waals surface area contributed by atoms with Crippen LogP contribution in [0.5, 0.6) is 11.5 Å². The van der Waals surface area contributed by atoms with Gasteiger partial charge in [0.25, 0.3) is 5.69 Å². The zero-order valence-corrected chi connectivity index (χ0v) is 11.8. The van der Waals surface area contributed by atoms with E-state index in [9.17, 15) is 18.9 Å². The van der Waals surface area contributed by atoms with Gasteiger partial charge in [-0.15, -0.1) is 0 Å². The first kappa shape index (κ1) is 15.2. The first-order valence-electron chi connectivity index (χ1n) is 6.63. The highest BCUT2D eigenvalue weighted by Gasteiger charge is 2.21. The first-order valence-corrected chi connectivity index (χ1v) is 6.63. The predicted octanol–water partition coefficient (Wildman–Crippen LogP) is 3.32. The number of hydrogen-bond acceptors (Lipinski definition) is 5. The van der Waals surface area contributed by atoms with Crippen molar-refractivity contribution in [3.63, 3.8) is 0 Å². The SMILES string of the molecule is O=[N+]([O-])c1cc2c(c(COc3ccc(F)c(F)c3)c1)OCOC2. The van der Waals surface area contributed by atoms with Crippen molar-refractivity contribution < 1.29 is 27.9 Å². The number of ether oxygens (including phenoxy) is 3. The molecule has 1 heterocycles. The second kappa shape index (κ2) is 6.17. The Morgan fingerprint density at radius 1 is 1.22 bits per heavy atom. The number of non-ortho nitro benzene ring substituents is 1. The summed E-state index contributed by atoms with van der Waals surface area (Å²) in [5.41, 5.74) is 0.846. The summed E-state index contributed by atoms with van der Waals surface area (Å²) in [7, 11) is 0. The van der Waals surface area contributed by atoms with Crippen LogP contribution < -0.4 is 9.47 Å². The van der Waals surface area contributed by atoms with Gasteiger partial charge in [-0.1, -0.05) is 0 Å². The van der Waals surface area contributed by atoms with Gasteiger partial charge in [-0.25, -0.2) is 8.78 Å². The molecule has 3 rings (SSSR count). The minimum atomic E-state index is -1.03. The maximum atomic E-state index is 13.2. The average molecular weight is 323 g/mol. The molecule has 6 nitrogen and oxygen atoms in total. The zero-order valence-electron chi connectivity index (χ0n) is 11.8. The smallest absolute Gasteiger partial charge is 0.270 e. The summed E-state index contributed by atoms with van der Waals surface area (Å²) in [6, 6.07) is 5.81. The van der Waals surface area contributed by atoms with Crippen LogP contribution in [0.3, 0.4) is 0 Å². The number of benzene rings is 2. The van der Waals surface area contributed by atoms with Gasteiger partial charge in [0.15, 0.2) is 18.4 Å². The molecule has 0 aliphatic carbocycles. The summed E-state index contributed by atoms with van der Waals surface area (Å²) in [5, 5.41) is 11.0. The van der Waals surface area contributed by atoms with Crippen LogP contribution in [0, 0.1) is 21.7 Å². The lowest BCUT2D eigenvalue weighted by atomic mass is 10.1. The predicted molar refractivity (Wildman–Crippen MR) is 74.1 cm³/mol. The summed E-state index contributed by atoms with van der Waals surface area (Å²) < 4.78 is 41.9. The zero-order chi connectivity index (χ0) is 16.4. The highest BCUT2D eigenvalue weighted by Crippen LogP contribution is 2.33. The van der Waals surface area contributed by atoms with Crippen molar-refractivity contribution in [1.29, 1.82) is 0 Å². The van der Waals surface area contributed by atoms with E-state index >= 15 is 0 Å². The molecule has 2 aromatic carbocycles. The summed E-state index contributed by atoms with van der Waals surface area (Å²) in [5.74, 6) is -1.46. The van der Waals surface area contributed by atoms with Crippen LogP contribution in [-0.4, -0.2) is 11.7 Å². The third-order valence-corrected chi connectivity index (χ3v) is 3.27. The van der Waals surface area contributed by atoms with Crippen LogP contribution in [0.2, 0.25) is 0 Å². The van der Waals surface area contributed by atoms with E-state index < -0.39 is 16.6 Å². The number of fused-ring (bicyclic) bond motifs is 1. The highest BCUT2D eigenvalue weighted by atomic mass is 19.2. The number of nitro benzene ring substituents is 1. The van der Waals surface area contributed by atoms with Gasteiger partial charge in [-0.2, -0.15) is 0 Å². The van der Waals surface area contributed by atoms with Crippen LogP contribution in [0.25, 0.3) is 0 Å². The van der Waals surface area contributed by atoms with E-state index in [1.54, 1.807) is 0 Å². The topological polar surface area (TPSA) is 70.8 Å². The summed E-state index contributed by atoms with van der Waals surface area (Å²) in [4.78, 5) is 10.5. The van der Waals surface area contributed by atoms with E-state index in [0.29, 0.717) is 16.9 Å². The normalized spacial score (nSPS) is 13.1. The summed E-state index contributed by atoms with van der Waals surface area (Å²) in [6.07, 6.45) is 0. The third-order valence-electron chi connectivity index (χ3n) is 3.27. The van der Waals surface area contributed by atoms with E-state index in [0.717, 1.165) is 12.1 Å². The quantitative estimate of drug-likeness (QED) is 0.637. The molecule has 0 bridgehead atoms. The monoisotopic (exact) mass is 323 g/mol. The first-order chi connectivity index (χ1) is 11.0. The van der Waals surface area contributed by atoms with Crippen LogP contribution >= 0.6 is 0 Å².